The Hall–Kier alpha value is -1.76. The van der Waals surface area contributed by atoms with Gasteiger partial charge in [-0.3, -0.25) is 4.79 Å². The summed E-state index contributed by atoms with van der Waals surface area (Å²) < 4.78 is 1.13. The number of hydrogen-bond donors (Lipinski definition) is 2. The van der Waals surface area contributed by atoms with Crippen molar-refractivity contribution in [3.05, 3.63) is 28.7 Å². The summed E-state index contributed by atoms with van der Waals surface area (Å²) in [7, 11) is 3.53. The van der Waals surface area contributed by atoms with E-state index in [-0.39, 0.29) is 12.5 Å². The molecule has 2 aliphatic rings. The van der Waals surface area contributed by atoms with Crippen molar-refractivity contribution in [3.63, 3.8) is 0 Å². The van der Waals surface area contributed by atoms with Gasteiger partial charge in [0.1, 0.15) is 6.54 Å². The summed E-state index contributed by atoms with van der Waals surface area (Å²) in [6, 6.07) is 9.12. The predicted molar refractivity (Wildman–Crippen MR) is 114 cm³/mol. The molecule has 27 heavy (non-hydrogen) atoms. The Balaban J connectivity index is 1.62. The highest BCUT2D eigenvalue weighted by Gasteiger charge is 2.25. The summed E-state index contributed by atoms with van der Waals surface area (Å²) in [5.41, 5.74) is 1.23. The van der Waals surface area contributed by atoms with Crippen LogP contribution in [0.4, 0.5) is 5.69 Å². The van der Waals surface area contributed by atoms with Crippen LogP contribution in [0, 0.1) is 0 Å². The molecule has 1 aromatic carbocycles. The van der Waals surface area contributed by atoms with E-state index in [0.717, 1.165) is 29.9 Å². The fraction of sp³-hybridized carbons (Fsp3) is 0.600. The first-order valence-electron chi connectivity index (χ1n) is 9.80. The summed E-state index contributed by atoms with van der Waals surface area (Å²) in [4.78, 5) is 20.5. The zero-order valence-electron chi connectivity index (χ0n) is 16.2. The minimum atomic E-state index is 0.0174. The molecule has 6 nitrogen and oxygen atoms in total. The number of aliphatic imine (C=N–C) groups is 1. The quantitative estimate of drug-likeness (QED) is 0.551. The maximum Gasteiger partial charge on any atom is 0.243 e. The second kappa shape index (κ2) is 9.44. The number of benzene rings is 1. The number of para-hydroxylation sites is 1. The van der Waals surface area contributed by atoms with Crippen molar-refractivity contribution in [1.29, 1.82) is 0 Å². The SMILES string of the molecule is CN(C)C(=O)CN=C(NC1CCCC1)NC1CCN(c2ccccc2Br)C1. The number of guanidine groups is 1. The second-order valence-electron chi connectivity index (χ2n) is 7.61. The van der Waals surface area contributed by atoms with Gasteiger partial charge >= 0.3 is 0 Å². The third-order valence-electron chi connectivity index (χ3n) is 5.29. The molecule has 1 saturated carbocycles. The van der Waals surface area contributed by atoms with E-state index in [1.807, 2.05) is 6.07 Å². The molecule has 0 radical (unpaired) electrons. The number of likely N-dealkylation sites (N-methyl/N-ethyl adjacent to an activating group) is 1. The van der Waals surface area contributed by atoms with Crippen molar-refractivity contribution < 1.29 is 4.79 Å². The van der Waals surface area contributed by atoms with Gasteiger partial charge in [0.05, 0.1) is 5.69 Å². The van der Waals surface area contributed by atoms with Crippen molar-refractivity contribution >= 4 is 33.5 Å². The van der Waals surface area contributed by atoms with Gasteiger partial charge in [0.15, 0.2) is 5.96 Å². The van der Waals surface area contributed by atoms with Gasteiger partial charge in [-0.15, -0.1) is 0 Å². The summed E-state index contributed by atoms with van der Waals surface area (Å²) in [5, 5.41) is 7.11. The number of hydrogen-bond acceptors (Lipinski definition) is 3. The standard InChI is InChI=1S/C20H30BrN5O/c1-25(2)19(27)13-22-20(23-15-7-3-4-8-15)24-16-11-12-26(14-16)18-10-6-5-9-17(18)21/h5-6,9-10,15-16H,3-4,7-8,11-14H2,1-2H3,(H2,22,23,24). The number of rotatable bonds is 5. The van der Waals surface area contributed by atoms with Crippen LogP contribution in [0.1, 0.15) is 32.1 Å². The molecule has 1 unspecified atom stereocenters. The zero-order valence-corrected chi connectivity index (χ0v) is 17.8. The van der Waals surface area contributed by atoms with Gasteiger partial charge < -0.3 is 20.4 Å². The van der Waals surface area contributed by atoms with Crippen molar-refractivity contribution in [2.24, 2.45) is 4.99 Å². The minimum absolute atomic E-state index is 0.0174. The lowest BCUT2D eigenvalue weighted by Gasteiger charge is -2.23. The molecule has 1 aliphatic carbocycles. The van der Waals surface area contributed by atoms with E-state index >= 15 is 0 Å². The highest BCUT2D eigenvalue weighted by molar-refractivity contribution is 9.10. The topological polar surface area (TPSA) is 60.0 Å². The molecule has 2 N–H and O–H groups in total. The first-order valence-corrected chi connectivity index (χ1v) is 10.6. The zero-order chi connectivity index (χ0) is 19.2. The molecule has 0 aromatic heterocycles. The van der Waals surface area contributed by atoms with Crippen molar-refractivity contribution in [1.82, 2.24) is 15.5 Å². The Labute approximate surface area is 170 Å². The average molecular weight is 436 g/mol. The molecule has 0 spiro atoms. The van der Waals surface area contributed by atoms with Gasteiger partial charge in [-0.05, 0) is 47.3 Å². The van der Waals surface area contributed by atoms with Crippen LogP contribution in [-0.2, 0) is 4.79 Å². The van der Waals surface area contributed by atoms with Gasteiger partial charge in [-0.1, -0.05) is 25.0 Å². The molecule has 148 valence electrons. The Morgan fingerprint density at radius 3 is 2.59 bits per heavy atom. The van der Waals surface area contributed by atoms with E-state index in [1.165, 1.54) is 31.4 Å². The summed E-state index contributed by atoms with van der Waals surface area (Å²) in [6.07, 6.45) is 5.93. The second-order valence-corrected chi connectivity index (χ2v) is 8.46. The molecule has 0 bridgehead atoms. The van der Waals surface area contributed by atoms with Gasteiger partial charge in [0.25, 0.3) is 0 Å². The number of carbonyl (C=O) groups excluding carboxylic acids is 1. The van der Waals surface area contributed by atoms with Crippen LogP contribution >= 0.6 is 15.9 Å². The maximum absolute atomic E-state index is 11.9. The minimum Gasteiger partial charge on any atom is -0.368 e. The Kier molecular flexibility index (Phi) is 6.99. The Morgan fingerprint density at radius 2 is 1.89 bits per heavy atom. The normalized spacial score (nSPS) is 20.8. The number of anilines is 1. The molecule has 1 saturated heterocycles. The van der Waals surface area contributed by atoms with Crippen molar-refractivity contribution in [2.45, 2.75) is 44.2 Å². The summed E-state index contributed by atoms with van der Waals surface area (Å²) >= 11 is 3.65. The molecule has 2 fully saturated rings. The third-order valence-corrected chi connectivity index (χ3v) is 5.96. The maximum atomic E-state index is 11.9. The fourth-order valence-electron chi connectivity index (χ4n) is 3.68. The lowest BCUT2D eigenvalue weighted by Crippen LogP contribution is -2.48. The van der Waals surface area contributed by atoms with Crippen LogP contribution < -0.4 is 15.5 Å². The number of halogens is 1. The Bertz CT molecular complexity index is 672. The Morgan fingerprint density at radius 1 is 1.19 bits per heavy atom. The third kappa shape index (κ3) is 5.61. The van der Waals surface area contributed by atoms with Crippen LogP contribution in [0.15, 0.2) is 33.7 Å². The van der Waals surface area contributed by atoms with Crippen molar-refractivity contribution in [3.8, 4) is 0 Å². The lowest BCUT2D eigenvalue weighted by atomic mass is 10.2. The van der Waals surface area contributed by atoms with Crippen molar-refractivity contribution in [2.75, 3.05) is 38.6 Å². The van der Waals surface area contributed by atoms with Gasteiger partial charge in [0, 0.05) is 43.7 Å². The molecule has 1 amide bonds. The van der Waals surface area contributed by atoms with Crippen LogP contribution in [0.25, 0.3) is 0 Å². The first kappa shape index (κ1) is 20.0. The van der Waals surface area contributed by atoms with E-state index in [2.05, 4.69) is 54.7 Å². The number of amides is 1. The predicted octanol–water partition coefficient (Wildman–Crippen LogP) is 2.59. The summed E-state index contributed by atoms with van der Waals surface area (Å²) in [5.74, 6) is 0.792. The van der Waals surface area contributed by atoms with Crippen LogP contribution in [0.3, 0.4) is 0 Å². The van der Waals surface area contributed by atoms with E-state index in [9.17, 15) is 4.79 Å². The average Bonchev–Trinajstić information content (AvgIpc) is 3.32. The molecule has 1 aliphatic heterocycles. The van der Waals surface area contributed by atoms with E-state index in [4.69, 9.17) is 0 Å². The summed E-state index contributed by atoms with van der Waals surface area (Å²) in [6.45, 7) is 2.11. The van der Waals surface area contributed by atoms with Gasteiger partial charge in [-0.2, -0.15) is 0 Å². The first-order chi connectivity index (χ1) is 13.0. The van der Waals surface area contributed by atoms with E-state index < -0.39 is 0 Å². The molecule has 1 heterocycles. The van der Waals surface area contributed by atoms with Gasteiger partial charge in [-0.25, -0.2) is 4.99 Å². The molecular weight excluding hydrogens is 406 g/mol. The molecule has 7 heteroatoms. The smallest absolute Gasteiger partial charge is 0.243 e. The number of carbonyl (C=O) groups is 1. The number of nitrogens with zero attached hydrogens (tertiary/aromatic N) is 3. The van der Waals surface area contributed by atoms with Crippen LogP contribution in [0.5, 0.6) is 0 Å². The van der Waals surface area contributed by atoms with E-state index in [0.29, 0.717) is 12.1 Å². The number of nitrogens with one attached hydrogen (secondary N) is 2. The van der Waals surface area contributed by atoms with E-state index in [1.54, 1.807) is 19.0 Å². The lowest BCUT2D eigenvalue weighted by molar-refractivity contribution is -0.127. The highest BCUT2D eigenvalue weighted by Crippen LogP contribution is 2.28. The molecule has 1 atom stereocenters. The van der Waals surface area contributed by atoms with Crippen LogP contribution in [0.2, 0.25) is 0 Å². The largest absolute Gasteiger partial charge is 0.368 e. The van der Waals surface area contributed by atoms with Crippen LogP contribution in [-0.4, -0.2) is 62.6 Å². The monoisotopic (exact) mass is 435 g/mol. The molecule has 1 aromatic rings. The molecular formula is C20H30BrN5O. The molecule has 3 rings (SSSR count). The van der Waals surface area contributed by atoms with Gasteiger partial charge in [0.2, 0.25) is 5.91 Å². The highest BCUT2D eigenvalue weighted by atomic mass is 79.9. The fourth-order valence-corrected chi connectivity index (χ4v) is 4.22.